The highest BCUT2D eigenvalue weighted by molar-refractivity contribution is 14.0. The topological polar surface area (TPSA) is 48.9 Å². The maximum Gasteiger partial charge on any atom is 0.272 e. The average Bonchev–Trinajstić information content (AvgIpc) is 2.62. The van der Waals surface area contributed by atoms with Crippen LogP contribution in [0.3, 0.4) is 0 Å². The van der Waals surface area contributed by atoms with Gasteiger partial charge in [-0.2, -0.15) is 0 Å². The lowest BCUT2D eigenvalue weighted by Crippen LogP contribution is -2.41. The molecule has 28 heavy (non-hydrogen) atoms. The summed E-state index contributed by atoms with van der Waals surface area (Å²) in [7, 11) is 1.73. The zero-order valence-corrected chi connectivity index (χ0v) is 19.9. The van der Waals surface area contributed by atoms with Crippen LogP contribution in [-0.2, 0) is 6.54 Å². The lowest BCUT2D eigenvalue weighted by molar-refractivity contribution is 0.0818. The number of rotatable bonds is 11. The highest BCUT2D eigenvalue weighted by Gasteiger charge is 2.12. The summed E-state index contributed by atoms with van der Waals surface area (Å²) in [5, 5.41) is 6.54. The van der Waals surface area contributed by atoms with Crippen molar-refractivity contribution in [2.75, 3.05) is 26.7 Å². The van der Waals surface area contributed by atoms with Crippen molar-refractivity contribution in [3.05, 3.63) is 29.8 Å². The van der Waals surface area contributed by atoms with Crippen LogP contribution in [-0.4, -0.2) is 56.1 Å². The first-order valence-electron chi connectivity index (χ1n) is 9.53. The number of halogens is 3. The number of nitrogens with one attached hydrogen (secondary N) is 2. The fourth-order valence-electron chi connectivity index (χ4n) is 2.89. The molecular weight excluding hydrogens is 477 g/mol. The monoisotopic (exact) mass is 512 g/mol. The molecule has 8 heteroatoms. The number of nitrogens with zero attached hydrogens (tertiary/aromatic N) is 2. The molecule has 0 fully saturated rings. The lowest BCUT2D eigenvalue weighted by atomic mass is 10.2. The number of aliphatic imine (C=N–C) groups is 1. The SMILES string of the molecule is CN=C(NCCCN(C(C)C)C(C)C)NCc1cccc(OCC(F)F)c1.I. The summed E-state index contributed by atoms with van der Waals surface area (Å²) >= 11 is 0. The van der Waals surface area contributed by atoms with Crippen molar-refractivity contribution in [2.24, 2.45) is 4.99 Å². The number of alkyl halides is 2. The van der Waals surface area contributed by atoms with E-state index in [1.807, 2.05) is 6.07 Å². The van der Waals surface area contributed by atoms with Gasteiger partial charge in [0.05, 0.1) is 0 Å². The van der Waals surface area contributed by atoms with Crippen molar-refractivity contribution >= 4 is 29.9 Å². The van der Waals surface area contributed by atoms with Crippen LogP contribution in [0.5, 0.6) is 5.75 Å². The second kappa shape index (κ2) is 14.8. The zero-order chi connectivity index (χ0) is 20.2. The van der Waals surface area contributed by atoms with E-state index in [1.165, 1.54) is 0 Å². The molecule has 0 heterocycles. The van der Waals surface area contributed by atoms with E-state index in [1.54, 1.807) is 25.2 Å². The molecule has 162 valence electrons. The number of hydrogen-bond acceptors (Lipinski definition) is 3. The van der Waals surface area contributed by atoms with Gasteiger partial charge in [0.15, 0.2) is 5.96 Å². The average molecular weight is 512 g/mol. The Bertz CT molecular complexity index is 563. The van der Waals surface area contributed by atoms with E-state index in [0.29, 0.717) is 24.4 Å². The molecule has 0 saturated heterocycles. The number of hydrogen-bond donors (Lipinski definition) is 2. The normalized spacial score (nSPS) is 11.9. The standard InChI is InChI=1S/C20H34F2N4O.HI/c1-15(2)26(16(3)4)11-7-10-24-20(23-5)25-13-17-8-6-9-18(12-17)27-14-19(21)22;/h6,8-9,12,15-16,19H,7,10-11,13-14H2,1-5H3,(H2,23,24,25);1H. The van der Waals surface area contributed by atoms with Crippen molar-refractivity contribution in [3.63, 3.8) is 0 Å². The first-order chi connectivity index (χ1) is 12.8. The number of guanidine groups is 1. The lowest BCUT2D eigenvalue weighted by Gasteiger charge is -2.30. The van der Waals surface area contributed by atoms with E-state index in [2.05, 4.69) is 48.2 Å². The van der Waals surface area contributed by atoms with Crippen molar-refractivity contribution in [1.82, 2.24) is 15.5 Å². The van der Waals surface area contributed by atoms with E-state index in [4.69, 9.17) is 4.74 Å². The number of ether oxygens (including phenoxy) is 1. The molecule has 0 bridgehead atoms. The highest BCUT2D eigenvalue weighted by atomic mass is 127. The predicted octanol–water partition coefficient (Wildman–Crippen LogP) is 4.12. The van der Waals surface area contributed by atoms with Gasteiger partial charge in [-0.25, -0.2) is 8.78 Å². The molecule has 0 radical (unpaired) electrons. The maximum absolute atomic E-state index is 12.2. The molecule has 0 amide bonds. The minimum absolute atomic E-state index is 0. The Kier molecular flexibility index (Phi) is 14.2. The molecule has 0 unspecified atom stereocenters. The van der Waals surface area contributed by atoms with E-state index >= 15 is 0 Å². The molecule has 0 aromatic heterocycles. The quantitative estimate of drug-likeness (QED) is 0.203. The molecule has 1 aromatic rings. The third-order valence-corrected chi connectivity index (χ3v) is 4.17. The van der Waals surface area contributed by atoms with E-state index in [0.717, 1.165) is 31.0 Å². The van der Waals surface area contributed by atoms with E-state index in [9.17, 15) is 8.78 Å². The summed E-state index contributed by atoms with van der Waals surface area (Å²) in [6.07, 6.45) is -1.45. The summed E-state index contributed by atoms with van der Waals surface area (Å²) < 4.78 is 29.5. The molecule has 0 aliphatic rings. The van der Waals surface area contributed by atoms with Crippen LogP contribution >= 0.6 is 24.0 Å². The zero-order valence-electron chi connectivity index (χ0n) is 17.5. The van der Waals surface area contributed by atoms with Crippen LogP contribution in [0.2, 0.25) is 0 Å². The Morgan fingerprint density at radius 2 is 1.82 bits per heavy atom. The first kappa shape index (κ1) is 26.8. The molecule has 0 saturated carbocycles. The van der Waals surface area contributed by atoms with Crippen LogP contribution in [0.15, 0.2) is 29.3 Å². The molecule has 5 nitrogen and oxygen atoms in total. The summed E-state index contributed by atoms with van der Waals surface area (Å²) in [4.78, 5) is 6.68. The third-order valence-electron chi connectivity index (χ3n) is 4.17. The van der Waals surface area contributed by atoms with Crippen LogP contribution in [0.4, 0.5) is 8.78 Å². The minimum atomic E-state index is -2.47. The largest absolute Gasteiger partial charge is 0.488 e. The van der Waals surface area contributed by atoms with Crippen LogP contribution < -0.4 is 15.4 Å². The van der Waals surface area contributed by atoms with Gasteiger partial charge in [-0.05, 0) is 51.8 Å². The van der Waals surface area contributed by atoms with Crippen LogP contribution in [0.25, 0.3) is 0 Å². The van der Waals surface area contributed by atoms with Gasteiger partial charge in [0.2, 0.25) is 0 Å². The number of benzene rings is 1. The molecule has 0 aliphatic carbocycles. The van der Waals surface area contributed by atoms with Crippen molar-refractivity contribution in [1.29, 1.82) is 0 Å². The molecule has 1 rings (SSSR count). The Balaban J connectivity index is 0.00000729. The van der Waals surface area contributed by atoms with Crippen molar-refractivity contribution in [3.8, 4) is 5.75 Å². The first-order valence-corrected chi connectivity index (χ1v) is 9.53. The smallest absolute Gasteiger partial charge is 0.272 e. The van der Waals surface area contributed by atoms with Gasteiger partial charge in [0.1, 0.15) is 12.4 Å². The Morgan fingerprint density at radius 1 is 1.14 bits per heavy atom. The summed E-state index contributed by atoms with van der Waals surface area (Å²) in [5.41, 5.74) is 0.940. The van der Waals surface area contributed by atoms with Gasteiger partial charge >= 0.3 is 0 Å². The highest BCUT2D eigenvalue weighted by Crippen LogP contribution is 2.14. The predicted molar refractivity (Wildman–Crippen MR) is 123 cm³/mol. The molecular formula is C20H35F2IN4O. The van der Waals surface area contributed by atoms with Gasteiger partial charge < -0.3 is 15.4 Å². The van der Waals surface area contributed by atoms with Crippen LogP contribution in [0, 0.1) is 0 Å². The molecule has 0 atom stereocenters. The fraction of sp³-hybridized carbons (Fsp3) is 0.650. The molecule has 0 aliphatic heterocycles. The van der Waals surface area contributed by atoms with E-state index < -0.39 is 13.0 Å². The molecule has 1 aromatic carbocycles. The van der Waals surface area contributed by atoms with Crippen molar-refractivity contribution < 1.29 is 13.5 Å². The van der Waals surface area contributed by atoms with Gasteiger partial charge in [0.25, 0.3) is 6.43 Å². The molecule has 0 spiro atoms. The minimum Gasteiger partial charge on any atom is -0.488 e. The van der Waals surface area contributed by atoms with Gasteiger partial charge in [-0.1, -0.05) is 12.1 Å². The Labute approximate surface area is 185 Å². The Morgan fingerprint density at radius 3 is 2.39 bits per heavy atom. The fourth-order valence-corrected chi connectivity index (χ4v) is 2.89. The summed E-state index contributed by atoms with van der Waals surface area (Å²) in [6, 6.07) is 8.20. The molecule has 2 N–H and O–H groups in total. The summed E-state index contributed by atoms with van der Waals surface area (Å²) in [5.74, 6) is 1.16. The van der Waals surface area contributed by atoms with Gasteiger partial charge in [0, 0.05) is 38.8 Å². The second-order valence-corrected chi connectivity index (χ2v) is 6.98. The van der Waals surface area contributed by atoms with E-state index in [-0.39, 0.29) is 24.0 Å². The maximum atomic E-state index is 12.2. The second-order valence-electron chi connectivity index (χ2n) is 6.98. The van der Waals surface area contributed by atoms with Gasteiger partial charge in [-0.3, -0.25) is 9.89 Å². The summed E-state index contributed by atoms with van der Waals surface area (Å²) in [6.45, 7) is 10.7. The Hall–Kier alpha value is -1.16. The van der Waals surface area contributed by atoms with Crippen molar-refractivity contribution in [2.45, 2.75) is 59.2 Å². The van der Waals surface area contributed by atoms with Crippen LogP contribution in [0.1, 0.15) is 39.7 Å². The third kappa shape index (κ3) is 11.0. The van der Waals surface area contributed by atoms with Gasteiger partial charge in [-0.15, -0.1) is 24.0 Å².